The molecule has 0 spiro atoms. The summed E-state index contributed by atoms with van der Waals surface area (Å²) in [4.78, 5) is 43.1. The van der Waals surface area contributed by atoms with Gasteiger partial charge in [-0.25, -0.2) is 0 Å². The highest BCUT2D eigenvalue weighted by Crippen LogP contribution is 2.30. The van der Waals surface area contributed by atoms with Gasteiger partial charge >= 0.3 is 0 Å². The second-order valence-corrected chi connectivity index (χ2v) is 10.0. The molecule has 3 amide bonds. The van der Waals surface area contributed by atoms with Crippen molar-refractivity contribution in [2.24, 2.45) is 5.92 Å². The molecule has 5 rings (SSSR count). The first-order valence-corrected chi connectivity index (χ1v) is 12.5. The van der Waals surface area contributed by atoms with Gasteiger partial charge in [0.25, 0.3) is 5.91 Å². The number of fused-ring (bicyclic) bond motifs is 1. The number of amides is 3. The monoisotopic (exact) mass is 502 g/mol. The maximum Gasteiger partial charge on any atom is 0.255 e. The van der Waals surface area contributed by atoms with Crippen LogP contribution in [0.5, 0.6) is 0 Å². The number of aromatic nitrogens is 1. The maximum absolute atomic E-state index is 13.8. The molecule has 192 valence electrons. The Hall–Kier alpha value is -3.98. The van der Waals surface area contributed by atoms with E-state index in [0.29, 0.717) is 12.1 Å². The van der Waals surface area contributed by atoms with E-state index < -0.39 is 18.2 Å². The van der Waals surface area contributed by atoms with Gasteiger partial charge in [0.05, 0.1) is 12.3 Å². The molecule has 3 aromatic rings. The molecule has 0 radical (unpaired) electrons. The molecule has 37 heavy (non-hydrogen) atoms. The third kappa shape index (κ3) is 4.86. The van der Waals surface area contributed by atoms with Crippen LogP contribution >= 0.6 is 0 Å². The summed E-state index contributed by atoms with van der Waals surface area (Å²) in [6.07, 6.45) is 2.55. The van der Waals surface area contributed by atoms with Crippen molar-refractivity contribution in [2.45, 2.75) is 51.5 Å². The number of nitrogens with zero attached hydrogens (tertiary/aromatic N) is 3. The molecule has 9 nitrogen and oxygen atoms in total. The van der Waals surface area contributed by atoms with Gasteiger partial charge < -0.3 is 24.7 Å². The molecule has 3 heterocycles. The second kappa shape index (κ2) is 10.2. The molecule has 1 fully saturated rings. The van der Waals surface area contributed by atoms with Crippen molar-refractivity contribution in [1.29, 1.82) is 0 Å². The average Bonchev–Trinajstić information content (AvgIpc) is 3.63. The van der Waals surface area contributed by atoms with Crippen molar-refractivity contribution >= 4 is 17.7 Å². The van der Waals surface area contributed by atoms with Crippen LogP contribution in [-0.4, -0.2) is 62.5 Å². The zero-order valence-corrected chi connectivity index (χ0v) is 20.8. The van der Waals surface area contributed by atoms with Crippen molar-refractivity contribution in [2.75, 3.05) is 6.54 Å². The summed E-state index contributed by atoms with van der Waals surface area (Å²) in [5, 5.41) is 17.0. The molecule has 2 aromatic carbocycles. The van der Waals surface area contributed by atoms with Gasteiger partial charge in [-0.05, 0) is 28.7 Å². The van der Waals surface area contributed by atoms with Crippen LogP contribution in [-0.2, 0) is 22.7 Å². The number of rotatable bonds is 7. The first-order chi connectivity index (χ1) is 17.8. The zero-order chi connectivity index (χ0) is 26.1. The normalized spacial score (nSPS) is 19.8. The van der Waals surface area contributed by atoms with Crippen molar-refractivity contribution in [3.8, 4) is 11.1 Å². The van der Waals surface area contributed by atoms with E-state index in [1.807, 2.05) is 56.3 Å². The Bertz CT molecular complexity index is 1290. The summed E-state index contributed by atoms with van der Waals surface area (Å²) in [5.41, 5.74) is 4.20. The summed E-state index contributed by atoms with van der Waals surface area (Å²) in [6.45, 7) is 4.47. The Labute approximate surface area is 215 Å². The second-order valence-electron chi connectivity index (χ2n) is 10.0. The number of likely N-dealkylation sites (tertiary alicyclic amines) is 1. The van der Waals surface area contributed by atoms with Gasteiger partial charge in [0.1, 0.15) is 18.3 Å². The molecule has 0 bridgehead atoms. The Morgan fingerprint density at radius 1 is 1.14 bits per heavy atom. The Morgan fingerprint density at radius 2 is 1.89 bits per heavy atom. The fraction of sp³-hybridized carbons (Fsp3) is 0.357. The Balaban J connectivity index is 1.27. The van der Waals surface area contributed by atoms with Gasteiger partial charge in [0, 0.05) is 37.2 Å². The highest BCUT2D eigenvalue weighted by molar-refractivity contribution is 6.01. The summed E-state index contributed by atoms with van der Waals surface area (Å²) in [7, 11) is 0. The largest absolute Gasteiger partial charge is 0.391 e. The number of aliphatic hydroxyl groups is 1. The quantitative estimate of drug-likeness (QED) is 0.513. The molecule has 1 saturated heterocycles. The number of carbonyl (C=O) groups is 3. The molecule has 9 heteroatoms. The van der Waals surface area contributed by atoms with Gasteiger partial charge in [-0.1, -0.05) is 61.5 Å². The van der Waals surface area contributed by atoms with Crippen molar-refractivity contribution in [3.05, 3.63) is 77.7 Å². The van der Waals surface area contributed by atoms with Gasteiger partial charge in [-0.3, -0.25) is 14.4 Å². The van der Waals surface area contributed by atoms with E-state index in [0.717, 1.165) is 22.3 Å². The molecule has 0 aliphatic carbocycles. The lowest BCUT2D eigenvalue weighted by molar-refractivity contribution is -0.143. The lowest BCUT2D eigenvalue weighted by atomic mass is 10.0. The van der Waals surface area contributed by atoms with E-state index in [4.69, 9.17) is 4.52 Å². The molecule has 2 aliphatic heterocycles. The Kier molecular flexibility index (Phi) is 6.80. The predicted molar refractivity (Wildman–Crippen MR) is 135 cm³/mol. The fourth-order valence-electron chi connectivity index (χ4n) is 5.23. The lowest BCUT2D eigenvalue weighted by Crippen LogP contribution is -2.55. The van der Waals surface area contributed by atoms with E-state index in [1.54, 1.807) is 23.4 Å². The highest BCUT2D eigenvalue weighted by Gasteiger charge is 2.45. The number of hydrogen-bond donors (Lipinski definition) is 2. The van der Waals surface area contributed by atoms with E-state index in [9.17, 15) is 19.5 Å². The molecule has 2 aliphatic rings. The number of aliphatic hydroxyl groups excluding tert-OH is 1. The topological polar surface area (TPSA) is 116 Å². The van der Waals surface area contributed by atoms with E-state index in [-0.39, 0.29) is 43.1 Å². The summed E-state index contributed by atoms with van der Waals surface area (Å²) < 4.78 is 4.88. The first kappa shape index (κ1) is 24.7. The standard InChI is InChI=1S/C28H30N4O5/c1-17(2)25(32-14-20-5-3-4-6-23(20)27(32)35)28(36)31-15-22(33)11-24(31)26(34)29-12-18-7-9-19(10-8-18)21-13-30-37-16-21/h3-10,13,16-17,22,24-25,33H,11-12,14-15H2,1-2H3,(H,29,34)/t22-,24?,25+/m1/s1. The summed E-state index contributed by atoms with van der Waals surface area (Å²) in [5.74, 6) is -0.994. The molecule has 1 unspecified atom stereocenters. The number of benzene rings is 2. The SMILES string of the molecule is CC(C)[C@@H](C(=O)N1C[C@H](O)CC1C(=O)NCc1ccc(-c2cnoc2)cc1)N1Cc2ccccc2C1=O. The fourth-order valence-corrected chi connectivity index (χ4v) is 5.23. The smallest absolute Gasteiger partial charge is 0.255 e. The maximum atomic E-state index is 13.8. The highest BCUT2D eigenvalue weighted by atomic mass is 16.5. The van der Waals surface area contributed by atoms with E-state index in [1.165, 1.54) is 4.90 Å². The number of nitrogens with one attached hydrogen (secondary N) is 1. The van der Waals surface area contributed by atoms with Crippen molar-refractivity contribution in [1.82, 2.24) is 20.3 Å². The summed E-state index contributed by atoms with van der Waals surface area (Å²) >= 11 is 0. The van der Waals surface area contributed by atoms with Crippen molar-refractivity contribution in [3.63, 3.8) is 0 Å². The van der Waals surface area contributed by atoms with Crippen LogP contribution in [0.1, 0.15) is 41.8 Å². The molecule has 2 N–H and O–H groups in total. The predicted octanol–water partition coefficient (Wildman–Crippen LogP) is 2.60. The molecule has 1 aromatic heterocycles. The number of carbonyl (C=O) groups excluding carboxylic acids is 3. The van der Waals surface area contributed by atoms with Crippen LogP contribution < -0.4 is 5.32 Å². The van der Waals surface area contributed by atoms with Crippen LogP contribution in [0.2, 0.25) is 0 Å². The minimum absolute atomic E-state index is 0.0581. The third-order valence-electron chi connectivity index (χ3n) is 7.12. The van der Waals surface area contributed by atoms with Crippen LogP contribution in [0, 0.1) is 5.92 Å². The van der Waals surface area contributed by atoms with Crippen LogP contribution in [0.15, 0.2) is 65.5 Å². The van der Waals surface area contributed by atoms with Crippen LogP contribution in [0.3, 0.4) is 0 Å². The number of β-amino-alcohol motifs (C(OH)–C–C–N with tert-alkyl or cyclic N) is 1. The zero-order valence-electron chi connectivity index (χ0n) is 20.8. The molecular formula is C28H30N4O5. The molecular weight excluding hydrogens is 472 g/mol. The minimum Gasteiger partial charge on any atom is -0.391 e. The Morgan fingerprint density at radius 3 is 2.57 bits per heavy atom. The molecule has 0 saturated carbocycles. The van der Waals surface area contributed by atoms with E-state index in [2.05, 4.69) is 10.5 Å². The third-order valence-corrected chi connectivity index (χ3v) is 7.12. The van der Waals surface area contributed by atoms with Gasteiger partial charge in [0.15, 0.2) is 0 Å². The minimum atomic E-state index is -0.805. The van der Waals surface area contributed by atoms with E-state index >= 15 is 0 Å². The number of hydrogen-bond acceptors (Lipinski definition) is 6. The van der Waals surface area contributed by atoms with Gasteiger partial charge in [-0.15, -0.1) is 0 Å². The van der Waals surface area contributed by atoms with Gasteiger partial charge in [-0.2, -0.15) is 0 Å². The van der Waals surface area contributed by atoms with Gasteiger partial charge in [0.2, 0.25) is 11.8 Å². The van der Waals surface area contributed by atoms with Crippen LogP contribution in [0.25, 0.3) is 11.1 Å². The molecule has 3 atom stereocenters. The summed E-state index contributed by atoms with van der Waals surface area (Å²) in [6, 6.07) is 13.5. The van der Waals surface area contributed by atoms with Crippen molar-refractivity contribution < 1.29 is 24.0 Å². The lowest BCUT2D eigenvalue weighted by Gasteiger charge is -2.35. The first-order valence-electron chi connectivity index (χ1n) is 12.5. The van der Waals surface area contributed by atoms with Crippen LogP contribution in [0.4, 0.5) is 0 Å². The average molecular weight is 503 g/mol.